The maximum atomic E-state index is 13.1. The number of carbonyl (C=O) groups excluding carboxylic acids is 1. The van der Waals surface area contributed by atoms with Crippen LogP contribution in [0.15, 0.2) is 56.8 Å². The molecule has 0 spiro atoms. The fourth-order valence-electron chi connectivity index (χ4n) is 2.77. The summed E-state index contributed by atoms with van der Waals surface area (Å²) in [5.74, 6) is -0.0209. The van der Waals surface area contributed by atoms with Crippen molar-refractivity contribution < 1.29 is 4.79 Å². The zero-order chi connectivity index (χ0) is 18.8. The van der Waals surface area contributed by atoms with Crippen molar-refractivity contribution >= 4 is 45.9 Å². The van der Waals surface area contributed by atoms with Gasteiger partial charge in [-0.15, -0.1) is 23.1 Å². The largest absolute Gasteiger partial charge is 0.301 e. The van der Waals surface area contributed by atoms with Gasteiger partial charge in [0.15, 0.2) is 10.3 Å². The van der Waals surface area contributed by atoms with Crippen LogP contribution in [0.1, 0.15) is 12.6 Å². The summed E-state index contributed by atoms with van der Waals surface area (Å²) in [6.07, 6.45) is 2.41. The van der Waals surface area contributed by atoms with Gasteiger partial charge in [0.25, 0.3) is 5.56 Å². The lowest BCUT2D eigenvalue weighted by Gasteiger charge is -2.13. The minimum absolute atomic E-state index is 0.0663. The van der Waals surface area contributed by atoms with Crippen LogP contribution >= 0.6 is 34.9 Å². The van der Waals surface area contributed by atoms with Crippen molar-refractivity contribution in [2.24, 2.45) is 0 Å². The van der Waals surface area contributed by atoms with E-state index >= 15 is 0 Å². The normalized spacial score (nSPS) is 15.5. The third-order valence-corrected chi connectivity index (χ3v) is 6.75. The third kappa shape index (κ3) is 3.95. The fraction of sp³-hybridized carbons (Fsp3) is 0.222. The average molecular weight is 417 g/mol. The Balaban J connectivity index is 1.65. The molecule has 3 aromatic rings. The van der Waals surface area contributed by atoms with Crippen molar-refractivity contribution in [1.29, 1.82) is 0 Å². The van der Waals surface area contributed by atoms with Gasteiger partial charge in [-0.25, -0.2) is 9.97 Å². The van der Waals surface area contributed by atoms with Gasteiger partial charge in [-0.05, 0) is 12.1 Å². The SMILES string of the molecule is C[C@H]1Cc2nc(SCC(=O)Nc3nccs3)n(-c3ccccc3)c(=O)c2S1. The van der Waals surface area contributed by atoms with Gasteiger partial charge in [0, 0.05) is 23.2 Å². The van der Waals surface area contributed by atoms with Gasteiger partial charge in [0.1, 0.15) is 0 Å². The summed E-state index contributed by atoms with van der Waals surface area (Å²) >= 11 is 4.20. The second-order valence-corrected chi connectivity index (χ2v) is 9.24. The van der Waals surface area contributed by atoms with Crippen molar-refractivity contribution in [3.8, 4) is 5.69 Å². The van der Waals surface area contributed by atoms with E-state index in [1.807, 2.05) is 30.3 Å². The summed E-state index contributed by atoms with van der Waals surface area (Å²) in [5.41, 5.74) is 1.51. The maximum Gasteiger partial charge on any atom is 0.272 e. The van der Waals surface area contributed by atoms with Crippen LogP contribution in [-0.4, -0.2) is 31.4 Å². The van der Waals surface area contributed by atoms with E-state index < -0.39 is 0 Å². The number of hydrogen-bond acceptors (Lipinski definition) is 7. The Kier molecular flexibility index (Phi) is 5.33. The number of amides is 1. The Bertz CT molecular complexity index is 1020. The quantitative estimate of drug-likeness (QED) is 0.507. The zero-order valence-electron chi connectivity index (χ0n) is 14.4. The smallest absolute Gasteiger partial charge is 0.272 e. The minimum atomic E-state index is -0.174. The lowest BCUT2D eigenvalue weighted by Crippen LogP contribution is -2.24. The second-order valence-electron chi connectivity index (χ2n) is 5.95. The molecule has 1 amide bonds. The first-order valence-electron chi connectivity index (χ1n) is 8.32. The molecule has 0 aliphatic carbocycles. The number of anilines is 1. The summed E-state index contributed by atoms with van der Waals surface area (Å²) in [6.45, 7) is 2.09. The molecule has 3 heterocycles. The molecule has 1 aliphatic rings. The summed E-state index contributed by atoms with van der Waals surface area (Å²) in [5, 5.41) is 5.99. The van der Waals surface area contributed by atoms with E-state index in [1.54, 1.807) is 27.9 Å². The Labute approximate surface area is 168 Å². The van der Waals surface area contributed by atoms with Gasteiger partial charge < -0.3 is 5.32 Å². The van der Waals surface area contributed by atoms with Crippen molar-refractivity contribution in [1.82, 2.24) is 14.5 Å². The number of aromatic nitrogens is 3. The predicted molar refractivity (Wildman–Crippen MR) is 110 cm³/mol. The third-order valence-electron chi connectivity index (χ3n) is 3.91. The van der Waals surface area contributed by atoms with E-state index in [9.17, 15) is 9.59 Å². The summed E-state index contributed by atoms with van der Waals surface area (Å²) in [7, 11) is 0. The van der Waals surface area contributed by atoms with Gasteiger partial charge in [0.05, 0.1) is 22.0 Å². The van der Waals surface area contributed by atoms with Crippen LogP contribution in [0.3, 0.4) is 0 Å². The van der Waals surface area contributed by atoms with Crippen molar-refractivity contribution in [2.45, 2.75) is 28.6 Å². The second kappa shape index (κ2) is 7.87. The molecule has 27 heavy (non-hydrogen) atoms. The topological polar surface area (TPSA) is 76.9 Å². The van der Waals surface area contributed by atoms with Crippen LogP contribution in [0.2, 0.25) is 0 Å². The predicted octanol–water partition coefficient (Wildman–Crippen LogP) is 3.46. The molecule has 0 unspecified atom stereocenters. The molecule has 1 aromatic carbocycles. The zero-order valence-corrected chi connectivity index (χ0v) is 16.9. The summed E-state index contributed by atoms with van der Waals surface area (Å²) in [4.78, 5) is 34.8. The molecule has 138 valence electrons. The highest BCUT2D eigenvalue weighted by Gasteiger charge is 2.27. The maximum absolute atomic E-state index is 13.1. The molecule has 0 fully saturated rings. The van der Waals surface area contributed by atoms with Crippen molar-refractivity contribution in [3.05, 3.63) is 58.0 Å². The number of nitrogens with zero attached hydrogens (tertiary/aromatic N) is 3. The van der Waals surface area contributed by atoms with E-state index in [4.69, 9.17) is 4.98 Å². The number of thiazole rings is 1. The number of carbonyl (C=O) groups is 1. The lowest BCUT2D eigenvalue weighted by molar-refractivity contribution is -0.113. The monoisotopic (exact) mass is 416 g/mol. The molecule has 1 atom stereocenters. The summed E-state index contributed by atoms with van der Waals surface area (Å²) < 4.78 is 1.60. The number of thioether (sulfide) groups is 2. The van der Waals surface area contributed by atoms with Crippen LogP contribution in [-0.2, 0) is 11.2 Å². The molecule has 4 rings (SSSR count). The van der Waals surface area contributed by atoms with Crippen molar-refractivity contribution in [3.63, 3.8) is 0 Å². The van der Waals surface area contributed by atoms with Gasteiger partial charge in [-0.2, -0.15) is 0 Å². The van der Waals surface area contributed by atoms with Crippen LogP contribution < -0.4 is 10.9 Å². The van der Waals surface area contributed by atoms with Crippen LogP contribution in [0.25, 0.3) is 5.69 Å². The van der Waals surface area contributed by atoms with Crippen LogP contribution in [0.5, 0.6) is 0 Å². The molecular weight excluding hydrogens is 400 g/mol. The van der Waals surface area contributed by atoms with E-state index in [0.717, 1.165) is 17.8 Å². The standard InChI is InChI=1S/C18H16N4O2S3/c1-11-9-13-15(27-11)16(24)22(12-5-3-2-4-6-12)18(20-13)26-10-14(23)21-17-19-7-8-25-17/h2-8,11H,9-10H2,1H3,(H,19,21,23)/t11-/m0/s1. The Morgan fingerprint density at radius 3 is 2.93 bits per heavy atom. The first kappa shape index (κ1) is 18.3. The van der Waals surface area contributed by atoms with E-state index in [0.29, 0.717) is 20.4 Å². The van der Waals surface area contributed by atoms with Gasteiger partial charge in [0.2, 0.25) is 5.91 Å². The molecule has 0 saturated carbocycles. The fourth-order valence-corrected chi connectivity index (χ4v) is 5.24. The average Bonchev–Trinajstić information content (AvgIpc) is 3.30. The molecule has 6 nitrogen and oxygen atoms in total. The first-order valence-corrected chi connectivity index (χ1v) is 11.1. The highest BCUT2D eigenvalue weighted by Crippen LogP contribution is 2.34. The van der Waals surface area contributed by atoms with Gasteiger partial charge in [-0.1, -0.05) is 36.9 Å². The Morgan fingerprint density at radius 2 is 2.19 bits per heavy atom. The van der Waals surface area contributed by atoms with E-state index in [1.165, 1.54) is 23.1 Å². The number of para-hydroxylation sites is 1. The van der Waals surface area contributed by atoms with E-state index in [-0.39, 0.29) is 17.2 Å². The van der Waals surface area contributed by atoms with Crippen LogP contribution in [0.4, 0.5) is 5.13 Å². The molecule has 0 saturated heterocycles. The van der Waals surface area contributed by atoms with Gasteiger partial charge in [-0.3, -0.25) is 14.2 Å². The Morgan fingerprint density at radius 1 is 1.37 bits per heavy atom. The number of nitrogens with one attached hydrogen (secondary N) is 1. The van der Waals surface area contributed by atoms with Crippen LogP contribution in [0, 0.1) is 0 Å². The molecule has 1 aliphatic heterocycles. The van der Waals surface area contributed by atoms with Gasteiger partial charge >= 0.3 is 0 Å². The highest BCUT2D eigenvalue weighted by molar-refractivity contribution is 8.00. The number of rotatable bonds is 5. The minimum Gasteiger partial charge on any atom is -0.301 e. The summed E-state index contributed by atoms with van der Waals surface area (Å²) in [6, 6.07) is 9.42. The van der Waals surface area contributed by atoms with E-state index in [2.05, 4.69) is 17.2 Å². The number of benzene rings is 1. The molecular formula is C18H16N4O2S3. The highest BCUT2D eigenvalue weighted by atomic mass is 32.2. The molecule has 2 aromatic heterocycles. The number of hydrogen-bond donors (Lipinski definition) is 1. The molecule has 9 heteroatoms. The van der Waals surface area contributed by atoms with Crippen molar-refractivity contribution in [2.75, 3.05) is 11.1 Å². The number of fused-ring (bicyclic) bond motifs is 1. The molecule has 1 N–H and O–H groups in total. The first-order chi connectivity index (χ1) is 13.1. The lowest BCUT2D eigenvalue weighted by atomic mass is 10.2. The molecule has 0 radical (unpaired) electrons. The molecule has 0 bridgehead atoms. The Hall–Kier alpha value is -2.10.